The molecule has 0 unspecified atom stereocenters. The van der Waals surface area contributed by atoms with Crippen LogP contribution < -0.4 is 10.1 Å². The van der Waals surface area contributed by atoms with E-state index in [2.05, 4.69) is 10.3 Å². The second kappa shape index (κ2) is 8.36. The van der Waals surface area contributed by atoms with Crippen LogP contribution in [0.3, 0.4) is 0 Å². The van der Waals surface area contributed by atoms with Gasteiger partial charge in [0.1, 0.15) is 6.04 Å². The molecule has 0 aliphatic rings. The van der Waals surface area contributed by atoms with E-state index in [-0.39, 0.29) is 17.9 Å². The molecule has 0 aliphatic heterocycles. The first-order chi connectivity index (χ1) is 11.9. The number of aromatic nitrogens is 1. The van der Waals surface area contributed by atoms with Gasteiger partial charge in [0.05, 0.1) is 7.11 Å². The van der Waals surface area contributed by atoms with Crippen LogP contribution in [0.5, 0.6) is 5.75 Å². The number of nitrogens with zero attached hydrogens (tertiary/aromatic N) is 2. The summed E-state index contributed by atoms with van der Waals surface area (Å²) < 4.78 is 45.2. The molecule has 134 valence electrons. The normalized spacial score (nSPS) is 11.9. The highest BCUT2D eigenvalue weighted by molar-refractivity contribution is 5.74. The lowest BCUT2D eigenvalue weighted by molar-refractivity contribution is 0.0971. The molecule has 0 spiro atoms. The number of methoxy groups -OCH3 is 1. The molecule has 2 amide bonds. The second-order valence-electron chi connectivity index (χ2n) is 5.37. The van der Waals surface area contributed by atoms with E-state index in [0.717, 1.165) is 11.6 Å². The van der Waals surface area contributed by atoms with Gasteiger partial charge in [-0.15, -0.1) is 0 Å². The zero-order chi connectivity index (χ0) is 18.4. The van der Waals surface area contributed by atoms with Crippen molar-refractivity contribution in [1.82, 2.24) is 15.2 Å². The van der Waals surface area contributed by atoms with Gasteiger partial charge in [0.2, 0.25) is 0 Å². The molecule has 8 heteroatoms. The van der Waals surface area contributed by atoms with Gasteiger partial charge in [-0.1, -0.05) is 12.1 Å². The summed E-state index contributed by atoms with van der Waals surface area (Å²) in [4.78, 5) is 17.4. The number of carbonyl (C=O) groups excluding carboxylic acids is 1. The Bertz CT molecular complexity index is 714. The van der Waals surface area contributed by atoms with Crippen LogP contribution in [0.1, 0.15) is 17.2 Å². The molecule has 1 atom stereocenters. The number of amides is 2. The fourth-order valence-electron chi connectivity index (χ4n) is 2.25. The molecule has 1 N–H and O–H groups in total. The summed E-state index contributed by atoms with van der Waals surface area (Å²) in [6.07, 6.45) is 0.269. The zero-order valence-corrected chi connectivity index (χ0v) is 13.7. The van der Waals surface area contributed by atoms with Crippen molar-refractivity contribution in [1.29, 1.82) is 0 Å². The Labute approximate surface area is 143 Å². The number of nitrogens with one attached hydrogen (secondary N) is 1. The summed E-state index contributed by atoms with van der Waals surface area (Å²) in [6.45, 7) is 0.201. The first-order valence-corrected chi connectivity index (χ1v) is 7.44. The molecule has 0 radical (unpaired) electrons. The Morgan fingerprint density at radius 2 is 2.12 bits per heavy atom. The summed E-state index contributed by atoms with van der Waals surface area (Å²) in [5.74, 6) is -0.833. The predicted molar refractivity (Wildman–Crippen MR) is 85.9 cm³/mol. The maximum atomic E-state index is 13.8. The highest BCUT2D eigenvalue weighted by Gasteiger charge is 2.26. The van der Waals surface area contributed by atoms with Crippen LogP contribution in [0.2, 0.25) is 0 Å². The van der Waals surface area contributed by atoms with Crippen molar-refractivity contribution in [3.8, 4) is 5.75 Å². The molecular weight excluding hydrogens is 335 g/mol. The van der Waals surface area contributed by atoms with E-state index in [1.807, 2.05) is 0 Å². The molecule has 0 fully saturated rings. The van der Waals surface area contributed by atoms with Gasteiger partial charge in [-0.25, -0.2) is 18.0 Å². The molecule has 2 rings (SSSR count). The van der Waals surface area contributed by atoms with Crippen LogP contribution in [0.15, 0.2) is 42.7 Å². The van der Waals surface area contributed by atoms with Gasteiger partial charge in [0.25, 0.3) is 6.43 Å². The Morgan fingerprint density at radius 3 is 2.68 bits per heavy atom. The maximum Gasteiger partial charge on any atom is 0.318 e. The van der Waals surface area contributed by atoms with E-state index >= 15 is 0 Å². The number of benzene rings is 1. The van der Waals surface area contributed by atoms with Crippen LogP contribution >= 0.6 is 0 Å². The third kappa shape index (κ3) is 4.85. The van der Waals surface area contributed by atoms with E-state index < -0.39 is 24.3 Å². The zero-order valence-electron chi connectivity index (χ0n) is 13.7. The third-order valence-corrected chi connectivity index (χ3v) is 3.56. The van der Waals surface area contributed by atoms with Crippen LogP contribution in [0, 0.1) is 5.82 Å². The van der Waals surface area contributed by atoms with Crippen molar-refractivity contribution < 1.29 is 22.7 Å². The van der Waals surface area contributed by atoms with Crippen LogP contribution in [0.4, 0.5) is 18.0 Å². The van der Waals surface area contributed by atoms with Gasteiger partial charge < -0.3 is 15.0 Å². The summed E-state index contributed by atoms with van der Waals surface area (Å²) >= 11 is 0. The number of alkyl halides is 2. The minimum atomic E-state index is -2.90. The molecule has 0 saturated carbocycles. The summed E-state index contributed by atoms with van der Waals surface area (Å²) in [7, 11) is 2.75. The van der Waals surface area contributed by atoms with Crippen molar-refractivity contribution >= 4 is 6.03 Å². The molecule has 2 aromatic rings. The SMILES string of the molecule is COc1ccc([C@H](NC(=O)N(C)Cc2cccnc2)C(F)F)cc1F. The number of carbonyl (C=O) groups is 1. The Balaban J connectivity index is 2.10. The van der Waals surface area contributed by atoms with Gasteiger partial charge in [0.15, 0.2) is 11.6 Å². The average Bonchev–Trinajstić information content (AvgIpc) is 2.60. The van der Waals surface area contributed by atoms with Gasteiger partial charge in [-0.05, 0) is 29.3 Å². The lowest BCUT2D eigenvalue weighted by atomic mass is 10.1. The number of hydrogen-bond acceptors (Lipinski definition) is 3. The molecule has 25 heavy (non-hydrogen) atoms. The van der Waals surface area contributed by atoms with E-state index in [4.69, 9.17) is 4.74 Å². The van der Waals surface area contributed by atoms with Gasteiger partial charge in [0, 0.05) is 26.0 Å². The van der Waals surface area contributed by atoms with Crippen molar-refractivity contribution in [3.63, 3.8) is 0 Å². The standard InChI is InChI=1S/C17H18F3N3O2/c1-23(10-11-4-3-7-21-9-11)17(24)22-15(16(19)20)12-5-6-14(25-2)13(18)8-12/h3-9,15-16H,10H2,1-2H3,(H,22,24)/t15-/m0/s1. The topological polar surface area (TPSA) is 54.5 Å². The molecular formula is C17H18F3N3O2. The first kappa shape index (κ1) is 18.6. The van der Waals surface area contributed by atoms with Gasteiger partial charge in [-0.3, -0.25) is 4.98 Å². The quantitative estimate of drug-likeness (QED) is 0.866. The van der Waals surface area contributed by atoms with Gasteiger partial charge >= 0.3 is 6.03 Å². The molecule has 0 saturated heterocycles. The number of ether oxygens (including phenoxy) is 1. The number of urea groups is 1. The summed E-state index contributed by atoms with van der Waals surface area (Å²) in [6, 6.07) is 4.60. The fraction of sp³-hybridized carbons (Fsp3) is 0.294. The number of pyridine rings is 1. The number of halogens is 3. The van der Waals surface area contributed by atoms with E-state index in [1.165, 1.54) is 31.2 Å². The third-order valence-electron chi connectivity index (χ3n) is 3.56. The maximum absolute atomic E-state index is 13.8. The van der Waals surface area contributed by atoms with E-state index in [0.29, 0.717) is 0 Å². The van der Waals surface area contributed by atoms with E-state index in [1.54, 1.807) is 24.5 Å². The first-order valence-electron chi connectivity index (χ1n) is 7.44. The summed E-state index contributed by atoms with van der Waals surface area (Å²) in [5.41, 5.74) is 0.709. The Hall–Kier alpha value is -2.77. The minimum Gasteiger partial charge on any atom is -0.494 e. The smallest absolute Gasteiger partial charge is 0.318 e. The largest absolute Gasteiger partial charge is 0.494 e. The van der Waals surface area contributed by atoms with Crippen LogP contribution in [-0.4, -0.2) is 36.5 Å². The average molecular weight is 353 g/mol. The summed E-state index contributed by atoms with van der Waals surface area (Å²) in [5, 5.41) is 2.23. The molecule has 1 aromatic heterocycles. The van der Waals surface area contributed by atoms with Crippen LogP contribution in [0.25, 0.3) is 0 Å². The van der Waals surface area contributed by atoms with Crippen molar-refractivity contribution in [2.45, 2.75) is 19.0 Å². The monoisotopic (exact) mass is 353 g/mol. The minimum absolute atomic E-state index is 0.0450. The van der Waals surface area contributed by atoms with Crippen molar-refractivity contribution in [2.24, 2.45) is 0 Å². The highest BCUT2D eigenvalue weighted by atomic mass is 19.3. The molecule has 1 heterocycles. The van der Waals surface area contributed by atoms with Gasteiger partial charge in [-0.2, -0.15) is 0 Å². The number of rotatable bonds is 6. The molecule has 0 aliphatic carbocycles. The molecule has 1 aromatic carbocycles. The highest BCUT2D eigenvalue weighted by Crippen LogP contribution is 2.26. The lowest BCUT2D eigenvalue weighted by Gasteiger charge is -2.23. The molecule has 0 bridgehead atoms. The van der Waals surface area contributed by atoms with Crippen molar-refractivity contribution in [3.05, 3.63) is 59.7 Å². The van der Waals surface area contributed by atoms with Crippen LogP contribution in [-0.2, 0) is 6.54 Å². The predicted octanol–water partition coefficient (Wildman–Crippen LogP) is 3.38. The van der Waals surface area contributed by atoms with E-state index in [9.17, 15) is 18.0 Å². The fourth-order valence-corrected chi connectivity index (χ4v) is 2.25. The molecule has 5 nitrogen and oxygen atoms in total. The lowest BCUT2D eigenvalue weighted by Crippen LogP contribution is -2.41. The van der Waals surface area contributed by atoms with Crippen molar-refractivity contribution in [2.75, 3.05) is 14.2 Å². The Morgan fingerprint density at radius 1 is 1.36 bits per heavy atom. The Kier molecular flexibility index (Phi) is 6.21. The number of hydrogen-bond donors (Lipinski definition) is 1. The second-order valence-corrected chi connectivity index (χ2v) is 5.37.